The summed E-state index contributed by atoms with van der Waals surface area (Å²) >= 11 is 0. The van der Waals surface area contributed by atoms with Crippen molar-refractivity contribution in [3.8, 4) is 11.5 Å². The van der Waals surface area contributed by atoms with E-state index in [4.69, 9.17) is 15.5 Å². The first-order chi connectivity index (χ1) is 23.5. The molecule has 4 fully saturated rings. The van der Waals surface area contributed by atoms with Crippen molar-refractivity contribution in [2.75, 3.05) is 17.2 Å². The second-order valence-electron chi connectivity index (χ2n) is 14.0. The summed E-state index contributed by atoms with van der Waals surface area (Å²) in [5.74, 6) is 2.05. The number of anilines is 2. The predicted octanol–water partition coefficient (Wildman–Crippen LogP) is 4.60. The molecule has 2 aromatic carbocycles. The first-order valence-corrected chi connectivity index (χ1v) is 16.9. The molecule has 3 N–H and O–H groups in total. The average molecular weight is 644 g/mol. The minimum absolute atomic E-state index is 0.0479. The first-order valence-electron chi connectivity index (χ1n) is 16.9. The summed E-state index contributed by atoms with van der Waals surface area (Å²) in [6.07, 6.45) is 13.3. The number of hydrazone groups is 1. The quantitative estimate of drug-likeness (QED) is 0.182. The normalized spacial score (nSPS) is 24.3. The molecule has 244 valence electrons. The number of carbonyl (C=O) groups is 1. The number of amides is 1. The van der Waals surface area contributed by atoms with Gasteiger partial charge in [0.15, 0.2) is 5.69 Å². The topological polar surface area (TPSA) is 158 Å². The average Bonchev–Trinajstić information content (AvgIpc) is 3.83. The van der Waals surface area contributed by atoms with Crippen molar-refractivity contribution in [3.63, 3.8) is 0 Å². The molecule has 5 aromatic rings. The van der Waals surface area contributed by atoms with Gasteiger partial charge in [0.1, 0.15) is 0 Å². The van der Waals surface area contributed by atoms with E-state index in [0.29, 0.717) is 12.2 Å². The molecule has 3 aromatic heterocycles. The molecule has 1 amide bonds. The summed E-state index contributed by atoms with van der Waals surface area (Å²) in [7, 11) is 0. The fourth-order valence-corrected chi connectivity index (χ4v) is 9.31. The molecule has 0 spiro atoms. The van der Waals surface area contributed by atoms with Gasteiger partial charge in [0.25, 0.3) is 5.91 Å². The third kappa shape index (κ3) is 4.95. The van der Waals surface area contributed by atoms with Gasteiger partial charge in [0.2, 0.25) is 11.6 Å². The molecule has 13 nitrogen and oxygen atoms in total. The molecule has 10 rings (SSSR count). The van der Waals surface area contributed by atoms with Crippen LogP contribution < -0.4 is 16.1 Å². The predicted molar refractivity (Wildman–Crippen MR) is 178 cm³/mol. The minimum Gasteiger partial charge on any atom is -0.378 e. The van der Waals surface area contributed by atoms with Crippen molar-refractivity contribution in [2.24, 2.45) is 22.9 Å². The molecule has 0 unspecified atom stereocenters. The second-order valence-corrected chi connectivity index (χ2v) is 14.0. The lowest BCUT2D eigenvalue weighted by Gasteiger charge is -2.56. The SMILES string of the molecule is Nc1nonc1-n1nnc(C(=O)N/N=C\c2cn(-c3ccccc3)nc2C23CC4CC(CC(C4)C2)C3)c1CN1CCCc2ccccc21. The zero-order chi connectivity index (χ0) is 32.2. The Hall–Kier alpha value is -5.33. The second kappa shape index (κ2) is 11.4. The Labute approximate surface area is 277 Å². The van der Waals surface area contributed by atoms with Crippen LogP contribution in [0.5, 0.6) is 0 Å². The van der Waals surface area contributed by atoms with E-state index in [1.54, 1.807) is 6.21 Å². The summed E-state index contributed by atoms with van der Waals surface area (Å²) in [4.78, 5) is 16.0. The van der Waals surface area contributed by atoms with Crippen LogP contribution in [0.3, 0.4) is 0 Å². The van der Waals surface area contributed by atoms with Crippen molar-refractivity contribution in [3.05, 3.63) is 89.0 Å². The molecule has 0 radical (unpaired) electrons. The Kier molecular flexibility index (Phi) is 6.87. The number of hydrogen-bond donors (Lipinski definition) is 2. The number of benzene rings is 2. The summed E-state index contributed by atoms with van der Waals surface area (Å²) in [5, 5.41) is 25.9. The van der Waals surface area contributed by atoms with Crippen molar-refractivity contribution >= 4 is 23.6 Å². The summed E-state index contributed by atoms with van der Waals surface area (Å²) in [5.41, 5.74) is 14.8. The van der Waals surface area contributed by atoms with E-state index in [2.05, 4.69) is 60.3 Å². The van der Waals surface area contributed by atoms with E-state index in [1.165, 1.54) is 48.8 Å². The molecule has 0 atom stereocenters. The number of nitrogens with one attached hydrogen (secondary N) is 1. The van der Waals surface area contributed by atoms with E-state index in [1.807, 2.05) is 41.2 Å². The molecule has 13 heteroatoms. The zero-order valence-corrected chi connectivity index (χ0v) is 26.6. The number of hydrogen-bond acceptors (Lipinski definition) is 10. The highest BCUT2D eigenvalue weighted by molar-refractivity contribution is 5.94. The van der Waals surface area contributed by atoms with Gasteiger partial charge < -0.3 is 10.6 Å². The lowest BCUT2D eigenvalue weighted by molar-refractivity contribution is -0.00739. The van der Waals surface area contributed by atoms with Gasteiger partial charge in [-0.1, -0.05) is 41.6 Å². The van der Waals surface area contributed by atoms with Crippen LogP contribution in [0.2, 0.25) is 0 Å². The third-order valence-corrected chi connectivity index (χ3v) is 10.9. The van der Waals surface area contributed by atoms with Gasteiger partial charge in [0, 0.05) is 29.4 Å². The molecule has 0 saturated heterocycles. The van der Waals surface area contributed by atoms with Crippen molar-refractivity contribution in [1.29, 1.82) is 0 Å². The van der Waals surface area contributed by atoms with E-state index >= 15 is 0 Å². The number of para-hydroxylation sites is 2. The Morgan fingerprint density at radius 1 is 1.02 bits per heavy atom. The van der Waals surface area contributed by atoms with Gasteiger partial charge in [-0.25, -0.2) is 14.7 Å². The number of fused-ring (bicyclic) bond motifs is 1. The maximum Gasteiger partial charge on any atom is 0.293 e. The number of aryl methyl sites for hydroxylation is 1. The Balaban J connectivity index is 1.03. The molecule has 4 saturated carbocycles. The van der Waals surface area contributed by atoms with Crippen molar-refractivity contribution < 1.29 is 9.42 Å². The number of carbonyl (C=O) groups excluding carboxylic acids is 1. The largest absolute Gasteiger partial charge is 0.378 e. The van der Waals surface area contributed by atoms with Crippen LogP contribution in [-0.4, -0.2) is 53.8 Å². The lowest BCUT2D eigenvalue weighted by Crippen LogP contribution is -2.49. The van der Waals surface area contributed by atoms with Gasteiger partial charge in [-0.2, -0.15) is 14.9 Å². The Morgan fingerprint density at radius 2 is 1.77 bits per heavy atom. The zero-order valence-electron chi connectivity index (χ0n) is 26.6. The van der Waals surface area contributed by atoms with E-state index in [-0.39, 0.29) is 22.7 Å². The van der Waals surface area contributed by atoms with E-state index in [0.717, 1.165) is 59.8 Å². The molecule has 4 aliphatic carbocycles. The fraction of sp³-hybridized carbons (Fsp3) is 0.400. The summed E-state index contributed by atoms with van der Waals surface area (Å²) < 4.78 is 8.24. The van der Waals surface area contributed by atoms with Crippen LogP contribution >= 0.6 is 0 Å². The number of nitrogen functional groups attached to an aromatic ring is 1. The van der Waals surface area contributed by atoms with Crippen LogP contribution in [0.15, 0.2) is 70.5 Å². The highest BCUT2D eigenvalue weighted by atomic mass is 16.6. The standard InChI is InChI=1S/C35H37N11O2/c36-32-33(42-48-41-32)46-29(21-44-12-6-8-25-7-4-5-11-28(25)44)30(38-43-46)34(47)39-37-19-26-20-45(27-9-2-1-3-10-27)40-31(26)35-16-22-13-23(17-35)15-24(14-22)18-35/h1-5,7,9-11,19-20,22-24H,6,8,12-18,21H2,(H2,36,41)(H,39,47)/b37-19-. The van der Waals surface area contributed by atoms with E-state index in [9.17, 15) is 4.79 Å². The Morgan fingerprint density at radius 3 is 2.52 bits per heavy atom. The number of aromatic nitrogens is 7. The van der Waals surface area contributed by atoms with Crippen molar-refractivity contribution in [1.82, 2.24) is 40.5 Å². The summed E-state index contributed by atoms with van der Waals surface area (Å²) in [6, 6.07) is 18.5. The van der Waals surface area contributed by atoms with Gasteiger partial charge in [-0.05, 0) is 103 Å². The monoisotopic (exact) mass is 643 g/mol. The first kappa shape index (κ1) is 28.9. The molecule has 48 heavy (non-hydrogen) atoms. The molecular weight excluding hydrogens is 606 g/mol. The molecule has 1 aliphatic heterocycles. The summed E-state index contributed by atoms with van der Waals surface area (Å²) in [6.45, 7) is 1.16. The van der Waals surface area contributed by atoms with Crippen molar-refractivity contribution in [2.45, 2.75) is 63.3 Å². The van der Waals surface area contributed by atoms with Gasteiger partial charge in [-0.15, -0.1) is 5.10 Å². The van der Waals surface area contributed by atoms with Crippen LogP contribution in [0, 0.1) is 17.8 Å². The molecule has 4 bridgehead atoms. The highest BCUT2D eigenvalue weighted by Crippen LogP contribution is 2.60. The van der Waals surface area contributed by atoms with Gasteiger partial charge in [0.05, 0.1) is 29.8 Å². The maximum atomic E-state index is 13.8. The lowest BCUT2D eigenvalue weighted by atomic mass is 9.48. The fourth-order valence-electron chi connectivity index (χ4n) is 9.31. The smallest absolute Gasteiger partial charge is 0.293 e. The van der Waals surface area contributed by atoms with Crippen LogP contribution in [0.4, 0.5) is 11.5 Å². The van der Waals surface area contributed by atoms with Crippen LogP contribution in [-0.2, 0) is 18.4 Å². The van der Waals surface area contributed by atoms with Gasteiger partial charge >= 0.3 is 0 Å². The van der Waals surface area contributed by atoms with Crippen LogP contribution in [0.25, 0.3) is 11.5 Å². The minimum atomic E-state index is -0.486. The maximum absolute atomic E-state index is 13.8. The number of nitrogens with zero attached hydrogens (tertiary/aromatic N) is 9. The van der Waals surface area contributed by atoms with Gasteiger partial charge in [-0.3, -0.25) is 4.79 Å². The number of nitrogens with two attached hydrogens (primary N) is 1. The third-order valence-electron chi connectivity index (χ3n) is 10.9. The highest BCUT2D eigenvalue weighted by Gasteiger charge is 2.53. The van der Waals surface area contributed by atoms with Crippen LogP contribution in [0.1, 0.15) is 77.9 Å². The number of rotatable bonds is 8. The molecule has 4 heterocycles. The Bertz CT molecular complexity index is 1970. The molecule has 5 aliphatic rings. The van der Waals surface area contributed by atoms with E-state index < -0.39 is 5.91 Å². The molecular formula is C35H37N11O2.